The van der Waals surface area contributed by atoms with Crippen LogP contribution in [0.25, 0.3) is 6.08 Å². The summed E-state index contributed by atoms with van der Waals surface area (Å²) in [4.78, 5) is 14.8. The summed E-state index contributed by atoms with van der Waals surface area (Å²) in [7, 11) is 0. The first-order chi connectivity index (χ1) is 7.27. The first-order valence-corrected chi connectivity index (χ1v) is 6.16. The summed E-state index contributed by atoms with van der Waals surface area (Å²) in [5, 5.41) is 2.05. The number of carbonyl (C=O) groups is 1. The first-order valence-electron chi connectivity index (χ1n) is 5.28. The summed E-state index contributed by atoms with van der Waals surface area (Å²) in [6.07, 6.45) is 5.93. The third-order valence-corrected chi connectivity index (χ3v) is 3.68. The molecule has 0 saturated carbocycles. The Morgan fingerprint density at radius 3 is 2.80 bits per heavy atom. The second-order valence-corrected chi connectivity index (χ2v) is 4.78. The number of amides is 1. The first kappa shape index (κ1) is 10.4. The molecule has 1 amide bonds. The van der Waals surface area contributed by atoms with Gasteiger partial charge in [0.15, 0.2) is 0 Å². The molecule has 1 aromatic heterocycles. The molecule has 3 heteroatoms. The number of aryl methyl sites for hydroxylation is 1. The normalized spacial score (nSPS) is 16.5. The van der Waals surface area contributed by atoms with E-state index in [9.17, 15) is 4.79 Å². The molecule has 1 fully saturated rings. The van der Waals surface area contributed by atoms with E-state index in [0.717, 1.165) is 25.9 Å². The van der Waals surface area contributed by atoms with Crippen LogP contribution in [0, 0.1) is 6.92 Å². The third-order valence-electron chi connectivity index (χ3n) is 2.70. The zero-order valence-electron chi connectivity index (χ0n) is 8.90. The van der Waals surface area contributed by atoms with Gasteiger partial charge in [0, 0.05) is 24.0 Å². The maximum atomic E-state index is 11.7. The number of carbonyl (C=O) groups excluding carboxylic acids is 1. The van der Waals surface area contributed by atoms with E-state index in [0.29, 0.717) is 0 Å². The minimum absolute atomic E-state index is 0.153. The Hall–Kier alpha value is -1.09. The Labute approximate surface area is 94.2 Å². The second-order valence-electron chi connectivity index (χ2n) is 3.83. The smallest absolute Gasteiger partial charge is 0.246 e. The lowest BCUT2D eigenvalue weighted by molar-refractivity contribution is -0.124. The Morgan fingerprint density at radius 1 is 1.47 bits per heavy atom. The summed E-state index contributed by atoms with van der Waals surface area (Å²) >= 11 is 1.68. The maximum Gasteiger partial charge on any atom is 0.246 e. The van der Waals surface area contributed by atoms with Gasteiger partial charge in [-0.1, -0.05) is 0 Å². The molecule has 0 radical (unpaired) electrons. The van der Waals surface area contributed by atoms with Crippen LogP contribution in [-0.4, -0.2) is 23.9 Å². The van der Waals surface area contributed by atoms with Gasteiger partial charge in [-0.25, -0.2) is 0 Å². The van der Waals surface area contributed by atoms with E-state index in [-0.39, 0.29) is 5.91 Å². The van der Waals surface area contributed by atoms with E-state index < -0.39 is 0 Å². The molecule has 15 heavy (non-hydrogen) atoms. The standard InChI is InChI=1S/C12H15NOS/c1-10-6-9-15-11(10)4-5-12(14)13-7-2-3-8-13/h4-6,9H,2-3,7-8H2,1H3. The van der Waals surface area contributed by atoms with Gasteiger partial charge in [-0.05, 0) is 42.9 Å². The molecule has 0 bridgehead atoms. The van der Waals surface area contributed by atoms with Gasteiger partial charge in [-0.15, -0.1) is 11.3 Å². The largest absolute Gasteiger partial charge is 0.339 e. The highest BCUT2D eigenvalue weighted by atomic mass is 32.1. The summed E-state index contributed by atoms with van der Waals surface area (Å²) < 4.78 is 0. The fourth-order valence-electron chi connectivity index (χ4n) is 1.75. The van der Waals surface area contributed by atoms with Crippen LogP contribution in [0.2, 0.25) is 0 Å². The van der Waals surface area contributed by atoms with Gasteiger partial charge in [-0.3, -0.25) is 4.79 Å². The molecule has 1 aliphatic heterocycles. The van der Waals surface area contributed by atoms with Gasteiger partial charge in [0.05, 0.1) is 0 Å². The highest BCUT2D eigenvalue weighted by Crippen LogP contribution is 2.17. The Bertz CT molecular complexity index is 375. The van der Waals surface area contributed by atoms with E-state index >= 15 is 0 Å². The predicted molar refractivity (Wildman–Crippen MR) is 63.9 cm³/mol. The molecule has 0 N–H and O–H groups in total. The SMILES string of the molecule is Cc1ccsc1C=CC(=O)N1CCCC1. The zero-order chi connectivity index (χ0) is 10.7. The van der Waals surface area contributed by atoms with Crippen molar-refractivity contribution in [1.82, 2.24) is 4.90 Å². The summed E-state index contributed by atoms with van der Waals surface area (Å²) in [6.45, 7) is 3.91. The van der Waals surface area contributed by atoms with E-state index in [1.807, 2.05) is 11.0 Å². The molecule has 1 saturated heterocycles. The van der Waals surface area contributed by atoms with Crippen molar-refractivity contribution in [2.45, 2.75) is 19.8 Å². The molecule has 0 atom stereocenters. The molecule has 0 aliphatic carbocycles. The summed E-state index contributed by atoms with van der Waals surface area (Å²) in [5.41, 5.74) is 1.24. The molecule has 0 spiro atoms. The second kappa shape index (κ2) is 4.62. The van der Waals surface area contributed by atoms with E-state index in [4.69, 9.17) is 0 Å². The van der Waals surface area contributed by atoms with Gasteiger partial charge in [0.25, 0.3) is 0 Å². The quantitative estimate of drug-likeness (QED) is 0.703. The number of likely N-dealkylation sites (tertiary alicyclic amines) is 1. The lowest BCUT2D eigenvalue weighted by atomic mass is 10.3. The highest BCUT2D eigenvalue weighted by Gasteiger charge is 2.14. The monoisotopic (exact) mass is 221 g/mol. The van der Waals surface area contributed by atoms with Crippen LogP contribution in [0.5, 0.6) is 0 Å². The van der Waals surface area contributed by atoms with Gasteiger partial charge >= 0.3 is 0 Å². The van der Waals surface area contributed by atoms with Crippen molar-refractivity contribution in [3.05, 3.63) is 28.0 Å². The van der Waals surface area contributed by atoms with Gasteiger partial charge < -0.3 is 4.90 Å². The molecular formula is C12H15NOS. The van der Waals surface area contributed by atoms with Crippen LogP contribution in [0.4, 0.5) is 0 Å². The summed E-state index contributed by atoms with van der Waals surface area (Å²) in [6, 6.07) is 2.07. The zero-order valence-corrected chi connectivity index (χ0v) is 9.72. The van der Waals surface area contributed by atoms with Crippen molar-refractivity contribution < 1.29 is 4.79 Å². The molecule has 1 aliphatic rings. The number of thiophene rings is 1. The maximum absolute atomic E-state index is 11.7. The molecule has 2 heterocycles. The van der Waals surface area contributed by atoms with Gasteiger partial charge in [0.1, 0.15) is 0 Å². The van der Waals surface area contributed by atoms with Crippen molar-refractivity contribution in [1.29, 1.82) is 0 Å². The fraction of sp³-hybridized carbons (Fsp3) is 0.417. The van der Waals surface area contributed by atoms with Crippen LogP contribution in [0.15, 0.2) is 17.5 Å². The van der Waals surface area contributed by atoms with Gasteiger partial charge in [-0.2, -0.15) is 0 Å². The number of nitrogens with zero attached hydrogens (tertiary/aromatic N) is 1. The van der Waals surface area contributed by atoms with Crippen molar-refractivity contribution in [3.63, 3.8) is 0 Å². The van der Waals surface area contributed by atoms with Gasteiger partial charge in [0.2, 0.25) is 5.91 Å². The van der Waals surface area contributed by atoms with Crippen LogP contribution in [0.3, 0.4) is 0 Å². The number of hydrogen-bond acceptors (Lipinski definition) is 2. The number of rotatable bonds is 2. The summed E-state index contributed by atoms with van der Waals surface area (Å²) in [5.74, 6) is 0.153. The van der Waals surface area contributed by atoms with Crippen LogP contribution < -0.4 is 0 Å². The van der Waals surface area contributed by atoms with E-state index in [1.54, 1.807) is 17.4 Å². The Balaban J connectivity index is 1.99. The van der Waals surface area contributed by atoms with Crippen molar-refractivity contribution >= 4 is 23.3 Å². The molecule has 0 aromatic carbocycles. The van der Waals surface area contributed by atoms with E-state index in [1.165, 1.54) is 10.4 Å². The lowest BCUT2D eigenvalue weighted by Gasteiger charge is -2.11. The third kappa shape index (κ3) is 2.48. The number of hydrogen-bond donors (Lipinski definition) is 0. The average Bonchev–Trinajstić information content (AvgIpc) is 2.85. The van der Waals surface area contributed by atoms with E-state index in [2.05, 4.69) is 18.4 Å². The molecule has 2 rings (SSSR count). The fourth-order valence-corrected chi connectivity index (χ4v) is 2.56. The highest BCUT2D eigenvalue weighted by molar-refractivity contribution is 7.11. The van der Waals surface area contributed by atoms with Crippen LogP contribution >= 0.6 is 11.3 Å². The Kier molecular flexibility index (Phi) is 3.21. The molecular weight excluding hydrogens is 206 g/mol. The predicted octanol–water partition coefficient (Wildman–Crippen LogP) is 2.69. The molecule has 0 unspecified atom stereocenters. The Morgan fingerprint density at radius 2 is 2.20 bits per heavy atom. The van der Waals surface area contributed by atoms with Crippen LogP contribution in [-0.2, 0) is 4.79 Å². The molecule has 1 aromatic rings. The topological polar surface area (TPSA) is 20.3 Å². The molecule has 2 nitrogen and oxygen atoms in total. The average molecular weight is 221 g/mol. The molecule has 80 valence electrons. The van der Waals surface area contributed by atoms with Crippen molar-refractivity contribution in [3.8, 4) is 0 Å². The minimum Gasteiger partial charge on any atom is -0.339 e. The van der Waals surface area contributed by atoms with Crippen LogP contribution in [0.1, 0.15) is 23.3 Å². The van der Waals surface area contributed by atoms with Crippen molar-refractivity contribution in [2.75, 3.05) is 13.1 Å². The van der Waals surface area contributed by atoms with Crippen molar-refractivity contribution in [2.24, 2.45) is 0 Å². The minimum atomic E-state index is 0.153. The lowest BCUT2D eigenvalue weighted by Crippen LogP contribution is -2.25.